The van der Waals surface area contributed by atoms with Crippen molar-refractivity contribution < 1.29 is 14.3 Å². The summed E-state index contributed by atoms with van der Waals surface area (Å²) in [4.78, 5) is 23.7. The molecular weight excluding hydrogens is 280 g/mol. The number of carbonyl (C=O) groups excluding carboxylic acids is 2. The average molecular weight is 302 g/mol. The molecule has 1 unspecified atom stereocenters. The summed E-state index contributed by atoms with van der Waals surface area (Å²) in [5.41, 5.74) is 0.984. The zero-order valence-electron chi connectivity index (χ0n) is 12.8. The van der Waals surface area contributed by atoms with Gasteiger partial charge in [-0.2, -0.15) is 0 Å². The number of hydrogen-bond acceptors (Lipinski definition) is 3. The lowest BCUT2D eigenvalue weighted by Gasteiger charge is -2.17. The molecule has 22 heavy (non-hydrogen) atoms. The van der Waals surface area contributed by atoms with Crippen molar-refractivity contribution in [3.63, 3.8) is 0 Å². The van der Waals surface area contributed by atoms with E-state index in [0.717, 1.165) is 30.6 Å². The first-order chi connectivity index (χ1) is 10.7. The molecule has 0 fully saturated rings. The van der Waals surface area contributed by atoms with Crippen molar-refractivity contribution in [3.8, 4) is 5.75 Å². The maximum absolute atomic E-state index is 11.9. The first-order valence-corrected chi connectivity index (χ1v) is 7.51. The van der Waals surface area contributed by atoms with Gasteiger partial charge < -0.3 is 15.4 Å². The highest BCUT2D eigenvalue weighted by Gasteiger charge is 2.18. The van der Waals surface area contributed by atoms with Crippen molar-refractivity contribution in [1.82, 2.24) is 10.6 Å². The van der Waals surface area contributed by atoms with Crippen LogP contribution in [0, 0.1) is 5.92 Å². The Balaban J connectivity index is 1.68. The molecule has 1 aromatic carbocycles. The van der Waals surface area contributed by atoms with Crippen LogP contribution in [0.5, 0.6) is 5.75 Å². The van der Waals surface area contributed by atoms with Crippen molar-refractivity contribution in [2.24, 2.45) is 5.92 Å². The molecule has 0 aliphatic heterocycles. The van der Waals surface area contributed by atoms with E-state index in [0.29, 0.717) is 6.54 Å². The molecule has 2 amide bonds. The van der Waals surface area contributed by atoms with E-state index in [1.165, 1.54) is 0 Å². The van der Waals surface area contributed by atoms with Crippen LogP contribution in [-0.4, -0.2) is 25.5 Å². The zero-order valence-corrected chi connectivity index (χ0v) is 12.8. The predicted octanol–water partition coefficient (Wildman–Crippen LogP) is 1.78. The SMILES string of the molecule is COc1ccc(CNC(=O)CNC(=O)C2CC=CCC2)cc1. The summed E-state index contributed by atoms with van der Waals surface area (Å²) >= 11 is 0. The second-order valence-electron chi connectivity index (χ2n) is 5.32. The van der Waals surface area contributed by atoms with Crippen molar-refractivity contribution in [3.05, 3.63) is 42.0 Å². The van der Waals surface area contributed by atoms with Gasteiger partial charge >= 0.3 is 0 Å². The fraction of sp³-hybridized carbons (Fsp3) is 0.412. The Morgan fingerprint density at radius 2 is 1.95 bits per heavy atom. The minimum atomic E-state index is -0.185. The number of benzene rings is 1. The first kappa shape index (κ1) is 16.1. The second kappa shape index (κ2) is 8.22. The van der Waals surface area contributed by atoms with Gasteiger partial charge in [0.2, 0.25) is 11.8 Å². The summed E-state index contributed by atoms with van der Waals surface area (Å²) in [6.07, 6.45) is 6.67. The normalized spacial score (nSPS) is 16.9. The van der Waals surface area contributed by atoms with Crippen LogP contribution in [0.2, 0.25) is 0 Å². The molecule has 118 valence electrons. The lowest BCUT2D eigenvalue weighted by Crippen LogP contribution is -2.39. The van der Waals surface area contributed by atoms with Gasteiger partial charge in [0, 0.05) is 12.5 Å². The smallest absolute Gasteiger partial charge is 0.239 e. The summed E-state index contributed by atoms with van der Waals surface area (Å²) in [6.45, 7) is 0.458. The van der Waals surface area contributed by atoms with Gasteiger partial charge in [0.1, 0.15) is 5.75 Å². The van der Waals surface area contributed by atoms with Crippen LogP contribution in [0.3, 0.4) is 0 Å². The predicted molar refractivity (Wildman–Crippen MR) is 84.3 cm³/mol. The van der Waals surface area contributed by atoms with Gasteiger partial charge in [0.25, 0.3) is 0 Å². The molecule has 2 rings (SSSR count). The maximum Gasteiger partial charge on any atom is 0.239 e. The Kier molecular flexibility index (Phi) is 6.01. The van der Waals surface area contributed by atoms with Gasteiger partial charge in [-0.15, -0.1) is 0 Å². The van der Waals surface area contributed by atoms with Crippen LogP contribution in [0.25, 0.3) is 0 Å². The van der Waals surface area contributed by atoms with Crippen LogP contribution in [0.15, 0.2) is 36.4 Å². The molecule has 0 saturated heterocycles. The molecule has 2 N–H and O–H groups in total. The third kappa shape index (κ3) is 4.91. The van der Waals surface area contributed by atoms with Crippen molar-refractivity contribution >= 4 is 11.8 Å². The minimum absolute atomic E-state index is 0.000566. The largest absolute Gasteiger partial charge is 0.497 e. The Morgan fingerprint density at radius 1 is 1.18 bits per heavy atom. The quantitative estimate of drug-likeness (QED) is 0.787. The van der Waals surface area contributed by atoms with E-state index < -0.39 is 0 Å². The highest BCUT2D eigenvalue weighted by Crippen LogP contribution is 2.17. The summed E-state index contributed by atoms with van der Waals surface area (Å²) in [7, 11) is 1.61. The Labute approximate surface area is 130 Å². The number of allylic oxidation sites excluding steroid dienone is 2. The lowest BCUT2D eigenvalue weighted by molar-refractivity contribution is -0.128. The minimum Gasteiger partial charge on any atom is -0.497 e. The fourth-order valence-electron chi connectivity index (χ4n) is 2.35. The molecule has 1 atom stereocenters. The molecule has 1 aliphatic carbocycles. The number of methoxy groups -OCH3 is 1. The molecule has 0 saturated carbocycles. The van der Waals surface area contributed by atoms with Crippen molar-refractivity contribution in [2.75, 3.05) is 13.7 Å². The topological polar surface area (TPSA) is 67.4 Å². The first-order valence-electron chi connectivity index (χ1n) is 7.51. The zero-order chi connectivity index (χ0) is 15.8. The molecule has 1 aromatic rings. The number of rotatable bonds is 6. The molecule has 0 aromatic heterocycles. The summed E-state index contributed by atoms with van der Waals surface area (Å²) in [6, 6.07) is 7.48. The van der Waals surface area contributed by atoms with E-state index in [1.54, 1.807) is 7.11 Å². The lowest BCUT2D eigenvalue weighted by atomic mass is 9.94. The number of ether oxygens (including phenoxy) is 1. The monoisotopic (exact) mass is 302 g/mol. The Morgan fingerprint density at radius 3 is 2.59 bits per heavy atom. The number of nitrogens with one attached hydrogen (secondary N) is 2. The molecule has 0 radical (unpaired) electrons. The summed E-state index contributed by atoms with van der Waals surface area (Å²) in [5, 5.41) is 5.49. The standard InChI is InChI=1S/C17H22N2O3/c1-22-15-9-7-13(8-10-15)11-18-16(20)12-19-17(21)14-5-3-2-4-6-14/h2-3,7-10,14H,4-6,11-12H2,1H3,(H,18,20)(H,19,21). The Bertz CT molecular complexity index is 537. The molecule has 0 spiro atoms. The van der Waals surface area contributed by atoms with Gasteiger partial charge in [0.15, 0.2) is 0 Å². The number of amides is 2. The molecule has 5 heteroatoms. The van der Waals surface area contributed by atoms with Gasteiger partial charge in [-0.25, -0.2) is 0 Å². The Hall–Kier alpha value is -2.30. The molecule has 1 aliphatic rings. The van der Waals surface area contributed by atoms with Crippen molar-refractivity contribution in [1.29, 1.82) is 0 Å². The molecule has 5 nitrogen and oxygen atoms in total. The summed E-state index contributed by atoms with van der Waals surface area (Å²) < 4.78 is 5.08. The van der Waals surface area contributed by atoms with Crippen LogP contribution < -0.4 is 15.4 Å². The number of carbonyl (C=O) groups is 2. The van der Waals surface area contributed by atoms with E-state index in [9.17, 15) is 9.59 Å². The van der Waals surface area contributed by atoms with E-state index in [1.807, 2.05) is 30.3 Å². The van der Waals surface area contributed by atoms with E-state index >= 15 is 0 Å². The van der Waals surface area contributed by atoms with Gasteiger partial charge in [-0.1, -0.05) is 24.3 Å². The van der Waals surface area contributed by atoms with Gasteiger partial charge in [-0.05, 0) is 37.0 Å². The average Bonchev–Trinajstić information content (AvgIpc) is 2.59. The highest BCUT2D eigenvalue weighted by atomic mass is 16.5. The third-order valence-corrected chi connectivity index (χ3v) is 3.71. The van der Waals surface area contributed by atoms with E-state index in [2.05, 4.69) is 16.7 Å². The van der Waals surface area contributed by atoms with Gasteiger partial charge in [-0.3, -0.25) is 9.59 Å². The molecule has 0 bridgehead atoms. The second-order valence-corrected chi connectivity index (χ2v) is 5.32. The van der Waals surface area contributed by atoms with Crippen LogP contribution in [0.4, 0.5) is 0 Å². The van der Waals surface area contributed by atoms with E-state index in [4.69, 9.17) is 4.74 Å². The fourth-order valence-corrected chi connectivity index (χ4v) is 2.35. The highest BCUT2D eigenvalue weighted by molar-refractivity contribution is 5.85. The molecule has 0 heterocycles. The van der Waals surface area contributed by atoms with E-state index in [-0.39, 0.29) is 24.3 Å². The van der Waals surface area contributed by atoms with Crippen LogP contribution >= 0.6 is 0 Å². The third-order valence-electron chi connectivity index (χ3n) is 3.71. The van der Waals surface area contributed by atoms with Crippen LogP contribution in [0.1, 0.15) is 24.8 Å². The summed E-state index contributed by atoms with van der Waals surface area (Å²) in [5.74, 6) is 0.558. The molecular formula is C17H22N2O3. The number of hydrogen-bond donors (Lipinski definition) is 2. The maximum atomic E-state index is 11.9. The van der Waals surface area contributed by atoms with Crippen molar-refractivity contribution in [2.45, 2.75) is 25.8 Å². The van der Waals surface area contributed by atoms with Crippen LogP contribution in [-0.2, 0) is 16.1 Å². The van der Waals surface area contributed by atoms with Gasteiger partial charge in [0.05, 0.1) is 13.7 Å².